The zero-order valence-corrected chi connectivity index (χ0v) is 28.6. The van der Waals surface area contributed by atoms with Crippen molar-refractivity contribution in [3.63, 3.8) is 0 Å². The first-order valence-corrected chi connectivity index (χ1v) is 17.4. The maximum atomic E-state index is 14.5. The summed E-state index contributed by atoms with van der Waals surface area (Å²) in [5, 5.41) is 10.8. The smallest absolute Gasteiger partial charge is 0.320 e. The van der Waals surface area contributed by atoms with Crippen molar-refractivity contribution in [1.29, 1.82) is 0 Å². The Morgan fingerprint density at radius 1 is 0.872 bits per heavy atom. The monoisotopic (exact) mass is 666 g/mol. The lowest BCUT2D eigenvalue weighted by molar-refractivity contribution is -0.140. The number of rotatable bonds is 22. The number of nitrogens with two attached hydrogens (primary N) is 2. The summed E-state index contributed by atoms with van der Waals surface area (Å²) in [6, 6.07) is 13.3. The number of aliphatic carboxylic acids is 1. The van der Waals surface area contributed by atoms with E-state index in [1.807, 2.05) is 60.0 Å². The van der Waals surface area contributed by atoms with Crippen LogP contribution < -0.4 is 11.5 Å². The van der Waals surface area contributed by atoms with Crippen molar-refractivity contribution in [2.24, 2.45) is 17.4 Å². The lowest BCUT2D eigenvalue weighted by Gasteiger charge is -2.34. The third-order valence-electron chi connectivity index (χ3n) is 8.82. The first-order chi connectivity index (χ1) is 22.6. The fourth-order valence-corrected chi connectivity index (χ4v) is 6.45. The van der Waals surface area contributed by atoms with Gasteiger partial charge in [0.25, 0.3) is 0 Å². The van der Waals surface area contributed by atoms with Crippen LogP contribution >= 0.6 is 11.6 Å². The van der Waals surface area contributed by atoms with E-state index in [2.05, 4.69) is 6.92 Å². The number of para-hydroxylation sites is 1. The molecule has 5 N–H and O–H groups in total. The van der Waals surface area contributed by atoms with Gasteiger partial charge in [0, 0.05) is 53.2 Å². The number of Topliss-reactive ketones (excluding diaryl/α,β-unsaturated/α-hetero) is 1. The van der Waals surface area contributed by atoms with Gasteiger partial charge in [0.2, 0.25) is 11.8 Å². The van der Waals surface area contributed by atoms with Crippen molar-refractivity contribution in [3.8, 4) is 0 Å². The number of benzene rings is 2. The number of carbonyl (C=O) groups excluding carboxylic acids is 3. The summed E-state index contributed by atoms with van der Waals surface area (Å²) in [5.41, 5.74) is 13.6. The van der Waals surface area contributed by atoms with Gasteiger partial charge in [-0.3, -0.25) is 19.2 Å². The molecular formula is C37H51ClN4O5. The number of nitrogens with zero attached hydrogens (tertiary/aromatic N) is 2. The van der Waals surface area contributed by atoms with Gasteiger partial charge in [0.05, 0.1) is 0 Å². The fourth-order valence-electron chi connectivity index (χ4n) is 6.26. The second-order valence-corrected chi connectivity index (χ2v) is 12.9. The van der Waals surface area contributed by atoms with Gasteiger partial charge in [-0.2, -0.15) is 0 Å². The molecule has 0 bridgehead atoms. The zero-order chi connectivity index (χ0) is 34.3. The summed E-state index contributed by atoms with van der Waals surface area (Å²) >= 11 is 6.46. The topological polar surface area (TPSA) is 149 Å². The van der Waals surface area contributed by atoms with Crippen LogP contribution in [0.2, 0.25) is 5.02 Å². The summed E-state index contributed by atoms with van der Waals surface area (Å²) in [6.07, 6.45) is 10.5. The molecule has 0 aliphatic rings. The van der Waals surface area contributed by atoms with Crippen molar-refractivity contribution >= 4 is 46.1 Å². The molecule has 3 rings (SSSR count). The van der Waals surface area contributed by atoms with E-state index >= 15 is 0 Å². The quantitative estimate of drug-likeness (QED) is 0.0600. The predicted octanol–water partition coefficient (Wildman–Crippen LogP) is 6.96. The van der Waals surface area contributed by atoms with Crippen LogP contribution in [0.1, 0.15) is 107 Å². The minimum Gasteiger partial charge on any atom is -0.480 e. The summed E-state index contributed by atoms with van der Waals surface area (Å²) < 4.78 is 1.94. The SMILES string of the molecule is CCCCCCCCC[C@@H](CC(N)=O)N(CCC)C(=O)[C@H](CCC(N)C(=O)O)C(=O)c1cn(Cc2ccccc2Cl)c2ccccc12. The molecule has 0 spiro atoms. The maximum Gasteiger partial charge on any atom is 0.320 e. The molecule has 0 saturated heterocycles. The van der Waals surface area contributed by atoms with Crippen LogP contribution in [0.5, 0.6) is 0 Å². The molecule has 3 aromatic rings. The number of amides is 2. The Hall–Kier alpha value is -3.69. The molecule has 0 aliphatic heterocycles. The third kappa shape index (κ3) is 10.9. The summed E-state index contributed by atoms with van der Waals surface area (Å²) in [6.45, 7) is 4.88. The first-order valence-electron chi connectivity index (χ1n) is 17.0. The second kappa shape index (κ2) is 19.2. The number of aromatic nitrogens is 1. The van der Waals surface area contributed by atoms with Gasteiger partial charge in [0.15, 0.2) is 5.78 Å². The normalized spacial score (nSPS) is 13.3. The van der Waals surface area contributed by atoms with Crippen LogP contribution in [0.4, 0.5) is 0 Å². The van der Waals surface area contributed by atoms with Crippen molar-refractivity contribution in [2.75, 3.05) is 6.54 Å². The Balaban J connectivity index is 1.97. The molecule has 0 aliphatic carbocycles. The van der Waals surface area contributed by atoms with E-state index in [9.17, 15) is 24.3 Å². The number of ketones is 1. The molecule has 0 fully saturated rings. The number of hydrogen-bond acceptors (Lipinski definition) is 5. The van der Waals surface area contributed by atoms with E-state index in [0.717, 1.165) is 36.8 Å². The third-order valence-corrected chi connectivity index (χ3v) is 9.19. The molecule has 0 saturated carbocycles. The van der Waals surface area contributed by atoms with E-state index in [1.54, 1.807) is 11.1 Å². The van der Waals surface area contributed by atoms with Crippen molar-refractivity contribution in [1.82, 2.24) is 9.47 Å². The van der Waals surface area contributed by atoms with Gasteiger partial charge in [-0.15, -0.1) is 0 Å². The number of carboxylic acid groups (broad SMARTS) is 1. The van der Waals surface area contributed by atoms with Crippen LogP contribution in [0.25, 0.3) is 10.9 Å². The molecule has 3 atom stereocenters. The molecule has 2 amide bonds. The van der Waals surface area contributed by atoms with Gasteiger partial charge < -0.3 is 26.0 Å². The Morgan fingerprint density at radius 3 is 2.19 bits per heavy atom. The number of halogens is 1. The first kappa shape index (κ1) is 37.8. The van der Waals surface area contributed by atoms with Gasteiger partial charge in [0.1, 0.15) is 12.0 Å². The van der Waals surface area contributed by atoms with E-state index < -0.39 is 41.6 Å². The van der Waals surface area contributed by atoms with Gasteiger partial charge in [-0.25, -0.2) is 0 Å². The number of hydrogen-bond donors (Lipinski definition) is 3. The lowest BCUT2D eigenvalue weighted by Crippen LogP contribution is -2.47. The average Bonchev–Trinajstić information content (AvgIpc) is 3.41. The standard InChI is InChI=1S/C37H51ClN4O5/c1-3-5-6-7-8-9-10-16-27(23-34(40)43)42(22-4-2)36(45)29(20-21-32(39)37(46)47)35(44)30-25-41(33-19-14-12-17-28(30)33)24-26-15-11-13-18-31(26)38/h11-15,17-19,25,27,29,32H,3-10,16,20-24,39H2,1-2H3,(H2,40,43)(H,46,47)/t27-,29+,32?/m0/s1. The number of fused-ring (bicyclic) bond motifs is 1. The molecule has 1 aromatic heterocycles. The number of carbonyl (C=O) groups is 4. The highest BCUT2D eigenvalue weighted by molar-refractivity contribution is 6.31. The molecule has 1 heterocycles. The highest BCUT2D eigenvalue weighted by atomic mass is 35.5. The van der Waals surface area contributed by atoms with Crippen LogP contribution in [-0.2, 0) is 20.9 Å². The molecule has 0 radical (unpaired) electrons. The highest BCUT2D eigenvalue weighted by Crippen LogP contribution is 2.29. The van der Waals surface area contributed by atoms with Crippen molar-refractivity contribution in [2.45, 2.75) is 110 Å². The minimum atomic E-state index is -1.23. The second-order valence-electron chi connectivity index (χ2n) is 12.5. The van der Waals surface area contributed by atoms with Crippen LogP contribution in [0, 0.1) is 5.92 Å². The van der Waals surface area contributed by atoms with Crippen molar-refractivity contribution in [3.05, 3.63) is 70.9 Å². The average molecular weight is 667 g/mol. The Labute approximate surface area is 283 Å². The Bertz CT molecular complexity index is 1490. The lowest BCUT2D eigenvalue weighted by atomic mass is 9.89. The van der Waals surface area contributed by atoms with Crippen LogP contribution in [-0.4, -0.2) is 56.8 Å². The molecule has 256 valence electrons. The summed E-state index contributed by atoms with van der Waals surface area (Å²) in [7, 11) is 0. The summed E-state index contributed by atoms with van der Waals surface area (Å²) in [4.78, 5) is 54.4. The van der Waals surface area contributed by atoms with Crippen molar-refractivity contribution < 1.29 is 24.3 Å². The zero-order valence-electron chi connectivity index (χ0n) is 27.8. The van der Waals surface area contributed by atoms with Gasteiger partial charge >= 0.3 is 5.97 Å². The molecule has 10 heteroatoms. The largest absolute Gasteiger partial charge is 0.480 e. The molecule has 9 nitrogen and oxygen atoms in total. The minimum absolute atomic E-state index is 0.00569. The van der Waals surface area contributed by atoms with Crippen LogP contribution in [0.15, 0.2) is 54.7 Å². The molecule has 2 aromatic carbocycles. The van der Waals surface area contributed by atoms with Crippen LogP contribution in [0.3, 0.4) is 0 Å². The molecular weight excluding hydrogens is 616 g/mol. The van der Waals surface area contributed by atoms with Gasteiger partial charge in [-0.1, -0.05) is 107 Å². The summed E-state index contributed by atoms with van der Waals surface area (Å²) in [5.74, 6) is -3.72. The number of carboxylic acids is 1. The van der Waals surface area contributed by atoms with E-state index in [-0.39, 0.29) is 19.3 Å². The Morgan fingerprint density at radius 2 is 1.53 bits per heavy atom. The molecule has 1 unspecified atom stereocenters. The number of unbranched alkanes of at least 4 members (excludes halogenated alkanes) is 6. The maximum absolute atomic E-state index is 14.5. The predicted molar refractivity (Wildman–Crippen MR) is 187 cm³/mol. The fraction of sp³-hybridized carbons (Fsp3) is 0.514. The van der Waals surface area contributed by atoms with Gasteiger partial charge in [-0.05, 0) is 43.4 Å². The highest BCUT2D eigenvalue weighted by Gasteiger charge is 2.36. The molecule has 47 heavy (non-hydrogen) atoms. The number of primary amides is 1. The van der Waals surface area contributed by atoms with E-state index in [4.69, 9.17) is 23.1 Å². The van der Waals surface area contributed by atoms with E-state index in [1.165, 1.54) is 19.3 Å². The van der Waals surface area contributed by atoms with E-state index in [0.29, 0.717) is 41.9 Å². The Kier molecular flexibility index (Phi) is 15.4.